The molecule has 0 spiro atoms. The maximum Gasteiger partial charge on any atom is 0.264 e. The van der Waals surface area contributed by atoms with Gasteiger partial charge in [-0.2, -0.15) is 8.42 Å². The third-order valence-electron chi connectivity index (χ3n) is 1.61. The van der Waals surface area contributed by atoms with Crippen molar-refractivity contribution in [1.29, 1.82) is 0 Å². The third kappa shape index (κ3) is 2.76. The number of ether oxygens (including phenoxy) is 1. The Morgan fingerprint density at radius 1 is 1.55 bits per heavy atom. The molecule has 2 atom stereocenters. The molecule has 1 aliphatic rings. The average molecular weight is 180 g/mol. The molecule has 0 saturated carbocycles. The highest BCUT2D eigenvalue weighted by Crippen LogP contribution is 2.17. The SMILES string of the molecule is CC1OCCC1OS(C)(=O)=O. The van der Waals surface area contributed by atoms with Crippen LogP contribution in [0.4, 0.5) is 0 Å². The second-order valence-corrected chi connectivity index (χ2v) is 4.30. The van der Waals surface area contributed by atoms with Crippen LogP contribution in [-0.4, -0.2) is 33.5 Å². The molecule has 0 bridgehead atoms. The molecule has 0 aromatic rings. The van der Waals surface area contributed by atoms with Crippen molar-refractivity contribution in [3.63, 3.8) is 0 Å². The Morgan fingerprint density at radius 3 is 2.55 bits per heavy atom. The Labute approximate surface area is 66.6 Å². The summed E-state index contributed by atoms with van der Waals surface area (Å²) < 4.78 is 31.2. The maximum atomic E-state index is 10.7. The second kappa shape index (κ2) is 3.08. The van der Waals surface area contributed by atoms with Gasteiger partial charge in [-0.25, -0.2) is 0 Å². The lowest BCUT2D eigenvalue weighted by atomic mass is 10.2. The molecule has 1 heterocycles. The van der Waals surface area contributed by atoms with Gasteiger partial charge in [0.1, 0.15) is 6.10 Å². The first kappa shape index (κ1) is 8.96. The van der Waals surface area contributed by atoms with Crippen LogP contribution in [0.2, 0.25) is 0 Å². The van der Waals surface area contributed by atoms with Gasteiger partial charge in [0.05, 0.1) is 12.4 Å². The van der Waals surface area contributed by atoms with Crippen LogP contribution in [0.1, 0.15) is 13.3 Å². The predicted molar refractivity (Wildman–Crippen MR) is 39.7 cm³/mol. The van der Waals surface area contributed by atoms with E-state index in [0.29, 0.717) is 13.0 Å². The van der Waals surface area contributed by atoms with E-state index in [-0.39, 0.29) is 12.2 Å². The summed E-state index contributed by atoms with van der Waals surface area (Å²) in [5, 5.41) is 0. The zero-order valence-corrected chi connectivity index (χ0v) is 7.43. The Kier molecular flexibility index (Phi) is 2.51. The van der Waals surface area contributed by atoms with E-state index in [1.54, 1.807) is 0 Å². The van der Waals surface area contributed by atoms with E-state index in [1.165, 1.54) is 0 Å². The molecule has 1 fully saturated rings. The van der Waals surface area contributed by atoms with E-state index >= 15 is 0 Å². The van der Waals surface area contributed by atoms with Gasteiger partial charge in [-0.05, 0) is 6.92 Å². The van der Waals surface area contributed by atoms with Crippen LogP contribution in [0.5, 0.6) is 0 Å². The standard InChI is InChI=1S/C6H12O4S/c1-5-6(3-4-9-5)10-11(2,7)8/h5-6H,3-4H2,1-2H3. The van der Waals surface area contributed by atoms with Crippen molar-refractivity contribution < 1.29 is 17.3 Å². The number of hydrogen-bond donors (Lipinski definition) is 0. The Balaban J connectivity index is 2.50. The van der Waals surface area contributed by atoms with Crippen LogP contribution < -0.4 is 0 Å². The van der Waals surface area contributed by atoms with Crippen LogP contribution in [0.15, 0.2) is 0 Å². The molecule has 0 radical (unpaired) electrons. The Bertz CT molecular complexity index is 221. The first-order chi connectivity index (χ1) is 4.99. The first-order valence-corrected chi connectivity index (χ1v) is 5.30. The van der Waals surface area contributed by atoms with Gasteiger partial charge in [0.25, 0.3) is 10.1 Å². The zero-order valence-electron chi connectivity index (χ0n) is 6.61. The topological polar surface area (TPSA) is 52.6 Å². The summed E-state index contributed by atoms with van der Waals surface area (Å²) in [6.45, 7) is 2.39. The van der Waals surface area contributed by atoms with Crippen molar-refractivity contribution in [2.75, 3.05) is 12.9 Å². The molecule has 1 aliphatic heterocycles. The van der Waals surface area contributed by atoms with E-state index in [1.807, 2.05) is 6.92 Å². The first-order valence-electron chi connectivity index (χ1n) is 3.49. The molecule has 1 rings (SSSR count). The highest BCUT2D eigenvalue weighted by Gasteiger charge is 2.28. The molecule has 11 heavy (non-hydrogen) atoms. The smallest absolute Gasteiger partial charge is 0.264 e. The molecule has 0 aromatic heterocycles. The fourth-order valence-corrected chi connectivity index (χ4v) is 1.76. The van der Waals surface area contributed by atoms with Crippen LogP contribution in [0.25, 0.3) is 0 Å². The summed E-state index contributed by atoms with van der Waals surface area (Å²) in [4.78, 5) is 0. The van der Waals surface area contributed by atoms with Gasteiger partial charge in [-0.3, -0.25) is 4.18 Å². The fourth-order valence-electron chi connectivity index (χ4n) is 1.06. The van der Waals surface area contributed by atoms with Crippen molar-refractivity contribution >= 4 is 10.1 Å². The summed E-state index contributed by atoms with van der Waals surface area (Å²) in [5.41, 5.74) is 0. The Hall–Kier alpha value is -0.130. The predicted octanol–water partition coefficient (Wildman–Crippen LogP) is 0.140. The van der Waals surface area contributed by atoms with Crippen molar-refractivity contribution in [2.45, 2.75) is 25.6 Å². The average Bonchev–Trinajstić information content (AvgIpc) is 2.12. The van der Waals surface area contributed by atoms with Gasteiger partial charge >= 0.3 is 0 Å². The lowest BCUT2D eigenvalue weighted by molar-refractivity contribution is 0.0706. The van der Waals surface area contributed by atoms with Crippen LogP contribution >= 0.6 is 0 Å². The zero-order chi connectivity index (χ0) is 8.48. The van der Waals surface area contributed by atoms with Gasteiger partial charge in [0.15, 0.2) is 0 Å². The largest absolute Gasteiger partial charge is 0.376 e. The molecule has 2 unspecified atom stereocenters. The second-order valence-electron chi connectivity index (χ2n) is 2.70. The van der Waals surface area contributed by atoms with E-state index in [2.05, 4.69) is 0 Å². The van der Waals surface area contributed by atoms with Crippen molar-refractivity contribution in [1.82, 2.24) is 0 Å². The molecular formula is C6H12O4S. The molecule has 1 saturated heterocycles. The summed E-state index contributed by atoms with van der Waals surface area (Å²) in [7, 11) is -3.32. The van der Waals surface area contributed by atoms with Crippen molar-refractivity contribution in [3.05, 3.63) is 0 Å². The van der Waals surface area contributed by atoms with E-state index < -0.39 is 10.1 Å². The molecule has 0 aliphatic carbocycles. The molecular weight excluding hydrogens is 168 g/mol. The van der Waals surface area contributed by atoms with Gasteiger partial charge in [-0.1, -0.05) is 0 Å². The lowest BCUT2D eigenvalue weighted by Crippen LogP contribution is -2.24. The van der Waals surface area contributed by atoms with Gasteiger partial charge < -0.3 is 4.74 Å². The van der Waals surface area contributed by atoms with Crippen molar-refractivity contribution in [3.8, 4) is 0 Å². The summed E-state index contributed by atoms with van der Waals surface area (Å²) >= 11 is 0. The molecule has 0 N–H and O–H groups in total. The minimum Gasteiger partial charge on any atom is -0.376 e. The fraction of sp³-hybridized carbons (Fsp3) is 1.00. The molecule has 0 amide bonds. The highest BCUT2D eigenvalue weighted by atomic mass is 32.2. The van der Waals surface area contributed by atoms with Crippen LogP contribution in [0, 0.1) is 0 Å². The number of hydrogen-bond acceptors (Lipinski definition) is 4. The summed E-state index contributed by atoms with van der Waals surface area (Å²) in [5.74, 6) is 0. The van der Waals surface area contributed by atoms with E-state index in [9.17, 15) is 8.42 Å². The summed E-state index contributed by atoms with van der Waals surface area (Å²) in [6, 6.07) is 0. The lowest BCUT2D eigenvalue weighted by Gasteiger charge is -2.12. The molecule has 66 valence electrons. The van der Waals surface area contributed by atoms with E-state index in [4.69, 9.17) is 8.92 Å². The van der Waals surface area contributed by atoms with Gasteiger partial charge in [0.2, 0.25) is 0 Å². The van der Waals surface area contributed by atoms with Gasteiger partial charge in [0, 0.05) is 13.0 Å². The van der Waals surface area contributed by atoms with Crippen LogP contribution in [0.3, 0.4) is 0 Å². The highest BCUT2D eigenvalue weighted by molar-refractivity contribution is 7.86. The third-order valence-corrected chi connectivity index (χ3v) is 2.20. The van der Waals surface area contributed by atoms with Crippen LogP contribution in [-0.2, 0) is 19.0 Å². The number of rotatable bonds is 2. The minimum absolute atomic E-state index is 0.107. The molecule has 0 aromatic carbocycles. The summed E-state index contributed by atoms with van der Waals surface area (Å²) in [6.07, 6.45) is 1.32. The van der Waals surface area contributed by atoms with Crippen molar-refractivity contribution in [2.24, 2.45) is 0 Å². The Morgan fingerprint density at radius 2 is 2.18 bits per heavy atom. The molecule has 4 nitrogen and oxygen atoms in total. The normalized spacial score (nSPS) is 32.5. The molecule has 5 heteroatoms. The minimum atomic E-state index is -3.32. The van der Waals surface area contributed by atoms with E-state index in [0.717, 1.165) is 6.26 Å². The maximum absolute atomic E-state index is 10.7. The quantitative estimate of drug-likeness (QED) is 0.567. The monoisotopic (exact) mass is 180 g/mol. The van der Waals surface area contributed by atoms with Gasteiger partial charge in [-0.15, -0.1) is 0 Å².